The molecule has 0 saturated heterocycles. The number of benzene rings is 5. The smallest absolute Gasteiger partial charge is 0.281 e. The van der Waals surface area contributed by atoms with E-state index in [0.717, 1.165) is 31.9 Å². The largest absolute Gasteiger partial charge is 0.324 e. The molecule has 0 fully saturated rings. The van der Waals surface area contributed by atoms with Gasteiger partial charge in [0.25, 0.3) is 15.7 Å². The lowest BCUT2D eigenvalue weighted by Gasteiger charge is -2.32. The van der Waals surface area contributed by atoms with Gasteiger partial charge < -0.3 is 4.90 Å². The Balaban J connectivity index is 1.57. The van der Waals surface area contributed by atoms with E-state index in [4.69, 9.17) is 5.10 Å². The fourth-order valence-corrected chi connectivity index (χ4v) is 6.42. The van der Waals surface area contributed by atoms with Crippen molar-refractivity contribution in [1.29, 1.82) is 0 Å². The summed E-state index contributed by atoms with van der Waals surface area (Å²) in [6.07, 6.45) is -0.970. The quantitative estimate of drug-likeness (QED) is 0.164. The van der Waals surface area contributed by atoms with Gasteiger partial charge in [0.1, 0.15) is 0 Å². The minimum Gasteiger partial charge on any atom is -0.324 e. The zero-order valence-electron chi connectivity index (χ0n) is 22.2. The van der Waals surface area contributed by atoms with Crippen molar-refractivity contribution in [3.8, 4) is 0 Å². The van der Waals surface area contributed by atoms with E-state index in [1.165, 1.54) is 12.1 Å². The first-order valence-corrected chi connectivity index (χ1v) is 14.5. The fraction of sp³-hybridized carbons (Fsp3) is 0.0938. The van der Waals surface area contributed by atoms with E-state index in [1.54, 1.807) is 36.4 Å². The fourth-order valence-electron chi connectivity index (χ4n) is 5.04. The molecule has 1 aliphatic heterocycles. The summed E-state index contributed by atoms with van der Waals surface area (Å²) < 4.78 is 29.5. The van der Waals surface area contributed by atoms with Crippen LogP contribution in [0.25, 0.3) is 10.8 Å². The highest BCUT2D eigenvalue weighted by molar-refractivity contribution is 7.89. The average molecular weight is 563 g/mol. The molecule has 1 unspecified atom stereocenters. The predicted octanol–water partition coefficient (Wildman–Crippen LogP) is 6.62. The third-order valence-electron chi connectivity index (χ3n) is 7.12. The zero-order valence-corrected chi connectivity index (χ0v) is 23.0. The molecule has 1 atom stereocenters. The molecule has 0 radical (unpaired) electrons. The second-order valence-electron chi connectivity index (χ2n) is 9.92. The normalized spacial score (nSPS) is 15.2. The van der Waals surface area contributed by atoms with E-state index >= 15 is 0 Å². The molecule has 0 N–H and O–H groups in total. The van der Waals surface area contributed by atoms with Gasteiger partial charge in [0.05, 0.1) is 9.82 Å². The van der Waals surface area contributed by atoms with E-state index in [2.05, 4.69) is 0 Å². The minimum atomic E-state index is -4.16. The van der Waals surface area contributed by atoms with Gasteiger partial charge in [-0.15, -0.1) is 5.10 Å². The standard InChI is InChI=1S/C32H26N4O4S/c1-23-14-18-30(19-15-23)41(39,40)35-32(28-12-7-13-29(21-28)36(37)38)34(22-24-8-3-2-4-9-24)31(33-35)27-17-16-25-10-5-6-11-26(25)20-27/h2-21,32H,22H2,1H3. The molecule has 0 saturated carbocycles. The van der Waals surface area contributed by atoms with Crippen LogP contribution >= 0.6 is 0 Å². The second kappa shape index (κ2) is 10.5. The molecule has 9 heteroatoms. The van der Waals surface area contributed by atoms with E-state index in [0.29, 0.717) is 17.9 Å². The van der Waals surface area contributed by atoms with Crippen LogP contribution in [-0.2, 0) is 16.6 Å². The number of hydrogen-bond donors (Lipinski definition) is 0. The number of hydrogen-bond acceptors (Lipinski definition) is 6. The number of nitro groups is 1. The van der Waals surface area contributed by atoms with E-state index in [9.17, 15) is 18.5 Å². The summed E-state index contributed by atoms with van der Waals surface area (Å²) in [6.45, 7) is 2.20. The SMILES string of the molecule is Cc1ccc(S(=O)(=O)N2N=C(c3ccc4ccccc4c3)N(Cc3ccccc3)C2c2cccc([N+](=O)[O-])c2)cc1. The topological polar surface area (TPSA) is 96.1 Å². The average Bonchev–Trinajstić information content (AvgIpc) is 3.37. The minimum absolute atomic E-state index is 0.0849. The van der Waals surface area contributed by atoms with Gasteiger partial charge in [-0.05, 0) is 41.5 Å². The lowest BCUT2D eigenvalue weighted by atomic mass is 10.0. The molecule has 0 amide bonds. The first-order valence-electron chi connectivity index (χ1n) is 13.0. The summed E-state index contributed by atoms with van der Waals surface area (Å²) in [5, 5.41) is 18.5. The number of nitro benzene ring substituents is 1. The number of amidine groups is 1. The van der Waals surface area contributed by atoms with Crippen LogP contribution in [0.15, 0.2) is 131 Å². The van der Waals surface area contributed by atoms with Crippen LogP contribution in [0.4, 0.5) is 5.69 Å². The van der Waals surface area contributed by atoms with Crippen LogP contribution < -0.4 is 0 Å². The van der Waals surface area contributed by atoms with Gasteiger partial charge in [0, 0.05) is 29.8 Å². The van der Waals surface area contributed by atoms with Gasteiger partial charge in [-0.25, -0.2) is 0 Å². The monoisotopic (exact) mass is 562 g/mol. The lowest BCUT2D eigenvalue weighted by molar-refractivity contribution is -0.385. The molecular weight excluding hydrogens is 536 g/mol. The van der Waals surface area contributed by atoms with Gasteiger partial charge in [-0.2, -0.15) is 12.8 Å². The van der Waals surface area contributed by atoms with Crippen molar-refractivity contribution in [2.75, 3.05) is 0 Å². The molecule has 1 heterocycles. The lowest BCUT2D eigenvalue weighted by Crippen LogP contribution is -2.37. The number of nitrogens with zero attached hydrogens (tertiary/aromatic N) is 4. The molecule has 8 nitrogen and oxygen atoms in total. The van der Waals surface area contributed by atoms with Gasteiger partial charge in [0.2, 0.25) is 0 Å². The van der Waals surface area contributed by atoms with E-state index < -0.39 is 21.1 Å². The highest BCUT2D eigenvalue weighted by Crippen LogP contribution is 2.40. The zero-order chi connectivity index (χ0) is 28.6. The third kappa shape index (κ3) is 5.03. The van der Waals surface area contributed by atoms with Crippen LogP contribution in [0.1, 0.15) is 28.4 Å². The number of rotatable bonds is 7. The Morgan fingerprint density at radius 2 is 1.51 bits per heavy atom. The van der Waals surface area contributed by atoms with Gasteiger partial charge >= 0.3 is 0 Å². The molecule has 1 aliphatic rings. The Hall–Kier alpha value is -5.02. The number of fused-ring (bicyclic) bond motifs is 1. The third-order valence-corrected chi connectivity index (χ3v) is 8.76. The van der Waals surface area contributed by atoms with Crippen LogP contribution in [0.3, 0.4) is 0 Å². The molecule has 0 aromatic heterocycles. The van der Waals surface area contributed by atoms with Crippen LogP contribution in [0, 0.1) is 17.0 Å². The summed E-state index contributed by atoms with van der Waals surface area (Å²) in [6, 6.07) is 36.1. The maximum absolute atomic E-state index is 14.2. The van der Waals surface area contributed by atoms with Gasteiger partial charge in [-0.1, -0.05) is 96.6 Å². The maximum Gasteiger partial charge on any atom is 0.281 e. The Labute approximate surface area is 238 Å². The Bertz CT molecular complexity index is 1890. The molecule has 0 aliphatic carbocycles. The first-order chi connectivity index (χ1) is 19.8. The van der Waals surface area contributed by atoms with Crippen LogP contribution in [-0.4, -0.2) is 28.5 Å². The number of sulfonamides is 1. The summed E-state index contributed by atoms with van der Waals surface area (Å²) in [5.74, 6) is 0.451. The Morgan fingerprint density at radius 1 is 0.805 bits per heavy atom. The molecule has 0 spiro atoms. The molecule has 5 aromatic carbocycles. The van der Waals surface area contributed by atoms with Gasteiger partial charge in [0.15, 0.2) is 12.0 Å². The molecular formula is C32H26N4O4S. The highest BCUT2D eigenvalue weighted by Gasteiger charge is 2.43. The number of aryl methyl sites for hydroxylation is 1. The summed E-state index contributed by atoms with van der Waals surface area (Å²) in [4.78, 5) is 13.2. The van der Waals surface area contributed by atoms with E-state index in [-0.39, 0.29) is 10.6 Å². The highest BCUT2D eigenvalue weighted by atomic mass is 32.2. The van der Waals surface area contributed by atoms with Crippen LogP contribution in [0.2, 0.25) is 0 Å². The van der Waals surface area contributed by atoms with Crippen molar-refractivity contribution in [2.45, 2.75) is 24.5 Å². The second-order valence-corrected chi connectivity index (χ2v) is 11.7. The molecule has 204 valence electrons. The Morgan fingerprint density at radius 3 is 2.24 bits per heavy atom. The number of non-ortho nitro benzene ring substituents is 1. The van der Waals surface area contributed by atoms with Gasteiger partial charge in [-0.3, -0.25) is 10.1 Å². The summed E-state index contributed by atoms with van der Waals surface area (Å²) >= 11 is 0. The predicted molar refractivity (Wildman–Crippen MR) is 159 cm³/mol. The maximum atomic E-state index is 14.2. The summed E-state index contributed by atoms with van der Waals surface area (Å²) in [7, 11) is -4.16. The molecule has 0 bridgehead atoms. The van der Waals surface area contributed by atoms with Crippen molar-refractivity contribution in [3.05, 3.63) is 154 Å². The van der Waals surface area contributed by atoms with Crippen molar-refractivity contribution in [1.82, 2.24) is 9.31 Å². The Kier molecular flexibility index (Phi) is 6.72. The van der Waals surface area contributed by atoms with Crippen molar-refractivity contribution in [2.24, 2.45) is 5.10 Å². The molecule has 41 heavy (non-hydrogen) atoms. The van der Waals surface area contributed by atoms with Crippen molar-refractivity contribution < 1.29 is 13.3 Å². The first kappa shape index (κ1) is 26.2. The molecule has 5 aromatic rings. The van der Waals surface area contributed by atoms with E-state index in [1.807, 2.05) is 84.6 Å². The summed E-state index contributed by atoms with van der Waals surface area (Å²) in [5.41, 5.74) is 2.90. The van der Waals surface area contributed by atoms with Crippen molar-refractivity contribution in [3.63, 3.8) is 0 Å². The van der Waals surface area contributed by atoms with Crippen LogP contribution in [0.5, 0.6) is 0 Å². The number of hydrazone groups is 1. The van der Waals surface area contributed by atoms with Crippen molar-refractivity contribution >= 4 is 32.3 Å². The molecule has 6 rings (SSSR count).